The summed E-state index contributed by atoms with van der Waals surface area (Å²) in [4.78, 5) is 28.9. The largest absolute Gasteiger partial charge is 0.465 e. The van der Waals surface area contributed by atoms with Crippen molar-refractivity contribution in [3.05, 3.63) is 69.3 Å². The van der Waals surface area contributed by atoms with E-state index >= 15 is 0 Å². The highest BCUT2D eigenvalue weighted by Crippen LogP contribution is 2.58. The lowest BCUT2D eigenvalue weighted by atomic mass is 9.72. The zero-order chi connectivity index (χ0) is 20.9. The van der Waals surface area contributed by atoms with E-state index in [9.17, 15) is 14.9 Å². The number of ether oxygens (including phenoxy) is 2. The van der Waals surface area contributed by atoms with Gasteiger partial charge < -0.3 is 20.1 Å². The summed E-state index contributed by atoms with van der Waals surface area (Å²) >= 11 is 1.23. The molecule has 0 bridgehead atoms. The number of aryl methyl sites for hydroxylation is 1. The van der Waals surface area contributed by atoms with Crippen molar-refractivity contribution in [2.75, 3.05) is 18.6 Å². The summed E-state index contributed by atoms with van der Waals surface area (Å²) in [6.45, 7) is 5.74. The number of methoxy groups -OCH3 is 1. The van der Waals surface area contributed by atoms with Gasteiger partial charge in [0.1, 0.15) is 17.2 Å². The van der Waals surface area contributed by atoms with E-state index in [0.717, 1.165) is 0 Å². The summed E-state index contributed by atoms with van der Waals surface area (Å²) in [5, 5.41) is 9.96. The fourth-order valence-electron chi connectivity index (χ4n) is 4.03. The van der Waals surface area contributed by atoms with Crippen LogP contribution in [0.15, 0.2) is 48.4 Å². The molecule has 29 heavy (non-hydrogen) atoms. The van der Waals surface area contributed by atoms with Crippen LogP contribution in [-0.4, -0.2) is 25.5 Å². The average Bonchev–Trinajstić information content (AvgIpc) is 3.16. The molecule has 8 heteroatoms. The number of benzene rings is 1. The molecular formula is C21H17N3O4S. The van der Waals surface area contributed by atoms with Gasteiger partial charge in [-0.1, -0.05) is 24.3 Å². The molecule has 1 aromatic heterocycles. The predicted molar refractivity (Wildman–Crippen MR) is 108 cm³/mol. The minimum Gasteiger partial charge on any atom is -0.465 e. The number of anilines is 1. The number of carbonyl (C=O) groups excluding carboxylic acids is 2. The lowest BCUT2D eigenvalue weighted by Crippen LogP contribution is -2.45. The number of rotatable bonds is 3. The second-order valence-electron chi connectivity index (χ2n) is 6.61. The lowest BCUT2D eigenvalue weighted by molar-refractivity contribution is -0.120. The van der Waals surface area contributed by atoms with Crippen molar-refractivity contribution in [2.24, 2.45) is 5.73 Å². The maximum absolute atomic E-state index is 13.8. The van der Waals surface area contributed by atoms with Crippen molar-refractivity contribution in [3.8, 4) is 11.8 Å². The summed E-state index contributed by atoms with van der Waals surface area (Å²) in [6, 6.07) is 9.31. The number of hydrogen-bond acceptors (Lipinski definition) is 7. The summed E-state index contributed by atoms with van der Waals surface area (Å²) < 4.78 is 10.6. The van der Waals surface area contributed by atoms with E-state index < -0.39 is 11.4 Å². The van der Waals surface area contributed by atoms with Gasteiger partial charge >= 0.3 is 5.97 Å². The van der Waals surface area contributed by atoms with Gasteiger partial charge in [0, 0.05) is 22.7 Å². The van der Waals surface area contributed by atoms with Gasteiger partial charge in [0.2, 0.25) is 11.8 Å². The lowest BCUT2D eigenvalue weighted by Gasteiger charge is -2.32. The third-order valence-electron chi connectivity index (χ3n) is 5.19. The Morgan fingerprint density at radius 1 is 1.48 bits per heavy atom. The number of amides is 1. The third-order valence-corrected chi connectivity index (χ3v) is 6.40. The maximum Gasteiger partial charge on any atom is 0.342 e. The number of esters is 1. The second-order valence-corrected chi connectivity index (χ2v) is 7.83. The number of thiophene rings is 1. The monoisotopic (exact) mass is 407 g/mol. The predicted octanol–water partition coefficient (Wildman–Crippen LogP) is 2.75. The molecule has 0 aliphatic carbocycles. The first-order valence-corrected chi connectivity index (χ1v) is 9.57. The van der Waals surface area contributed by atoms with Crippen LogP contribution in [0.5, 0.6) is 5.75 Å². The molecule has 2 aromatic rings. The molecule has 0 unspecified atom stereocenters. The van der Waals surface area contributed by atoms with Crippen LogP contribution in [0.1, 0.15) is 25.7 Å². The van der Waals surface area contributed by atoms with Crippen molar-refractivity contribution in [1.29, 1.82) is 5.26 Å². The Hall–Kier alpha value is -3.57. The molecular weight excluding hydrogens is 390 g/mol. The average molecular weight is 407 g/mol. The molecule has 2 aliphatic heterocycles. The number of para-hydroxylation sites is 1. The van der Waals surface area contributed by atoms with Gasteiger partial charge in [0.05, 0.1) is 12.0 Å². The molecule has 7 nitrogen and oxygen atoms in total. The number of nitrogens with zero attached hydrogens (tertiary/aromatic N) is 2. The summed E-state index contributed by atoms with van der Waals surface area (Å²) in [5.74, 6) is -0.962. The van der Waals surface area contributed by atoms with Crippen molar-refractivity contribution in [2.45, 2.75) is 12.3 Å². The molecule has 0 saturated carbocycles. The molecule has 1 atom stereocenters. The van der Waals surface area contributed by atoms with Crippen LogP contribution >= 0.6 is 11.3 Å². The van der Waals surface area contributed by atoms with Gasteiger partial charge in [-0.2, -0.15) is 5.26 Å². The van der Waals surface area contributed by atoms with Gasteiger partial charge in [-0.05, 0) is 13.0 Å². The molecule has 0 saturated heterocycles. The molecule has 2 N–H and O–H groups in total. The smallest absolute Gasteiger partial charge is 0.342 e. The van der Waals surface area contributed by atoms with Gasteiger partial charge in [0.15, 0.2) is 11.2 Å². The number of nitriles is 1. The minimum atomic E-state index is -1.48. The maximum atomic E-state index is 13.8. The van der Waals surface area contributed by atoms with Gasteiger partial charge in [0.25, 0.3) is 0 Å². The Labute approximate surface area is 171 Å². The van der Waals surface area contributed by atoms with Crippen LogP contribution < -0.4 is 15.4 Å². The summed E-state index contributed by atoms with van der Waals surface area (Å²) in [5.41, 5.74) is 6.13. The van der Waals surface area contributed by atoms with Gasteiger partial charge in [-0.15, -0.1) is 17.9 Å². The third kappa shape index (κ3) is 2.22. The van der Waals surface area contributed by atoms with E-state index in [0.29, 0.717) is 21.0 Å². The van der Waals surface area contributed by atoms with E-state index in [1.807, 2.05) is 12.1 Å². The van der Waals surface area contributed by atoms with Crippen LogP contribution in [0.4, 0.5) is 5.69 Å². The Morgan fingerprint density at radius 2 is 2.21 bits per heavy atom. The molecule has 2 aliphatic rings. The first kappa shape index (κ1) is 18.8. The Morgan fingerprint density at radius 3 is 2.86 bits per heavy atom. The minimum absolute atomic E-state index is 0.00618. The number of fused-ring (bicyclic) bond motifs is 4. The van der Waals surface area contributed by atoms with E-state index in [2.05, 4.69) is 12.6 Å². The molecule has 1 aromatic carbocycles. The summed E-state index contributed by atoms with van der Waals surface area (Å²) in [6.07, 6.45) is 1.62. The van der Waals surface area contributed by atoms with Crippen molar-refractivity contribution < 1.29 is 19.1 Å². The van der Waals surface area contributed by atoms with E-state index in [4.69, 9.17) is 15.2 Å². The highest BCUT2D eigenvalue weighted by molar-refractivity contribution is 7.13. The first-order valence-electron chi connectivity index (χ1n) is 8.76. The molecule has 1 spiro atoms. The highest BCUT2D eigenvalue weighted by Gasteiger charge is 2.60. The Balaban J connectivity index is 2.13. The van der Waals surface area contributed by atoms with Crippen LogP contribution in [0, 0.1) is 18.3 Å². The van der Waals surface area contributed by atoms with Crippen molar-refractivity contribution in [1.82, 2.24) is 0 Å². The van der Waals surface area contributed by atoms with E-state index in [1.165, 1.54) is 18.4 Å². The van der Waals surface area contributed by atoms with Crippen molar-refractivity contribution in [3.63, 3.8) is 0 Å². The normalized spacial score (nSPS) is 19.5. The molecule has 4 rings (SSSR count). The van der Waals surface area contributed by atoms with Crippen LogP contribution in [-0.2, 0) is 14.9 Å². The second kappa shape index (κ2) is 6.50. The topological polar surface area (TPSA) is 106 Å². The van der Waals surface area contributed by atoms with E-state index in [-0.39, 0.29) is 35.2 Å². The highest BCUT2D eigenvalue weighted by atomic mass is 32.1. The molecule has 0 fully saturated rings. The first-order chi connectivity index (χ1) is 13.9. The number of carbonyl (C=O) groups is 2. The van der Waals surface area contributed by atoms with Crippen LogP contribution in [0.25, 0.3) is 0 Å². The fraction of sp³-hybridized carbons (Fsp3) is 0.190. The Kier molecular flexibility index (Phi) is 4.21. The standard InChI is InChI=1S/C21H17N3O4S/c1-4-9-24-14-8-6-5-7-12(14)21(20(24)26)13(10-22)18(23)28-16-15(19(25)27-3)11(2)29-17(16)21/h4-8H,1,9,23H2,2-3H3/t21-/m1/s1. The molecule has 3 heterocycles. The zero-order valence-electron chi connectivity index (χ0n) is 15.8. The van der Waals surface area contributed by atoms with E-state index in [1.54, 1.807) is 30.0 Å². The summed E-state index contributed by atoms with van der Waals surface area (Å²) in [7, 11) is 1.27. The number of hydrogen-bond donors (Lipinski definition) is 1. The molecule has 146 valence electrons. The van der Waals surface area contributed by atoms with Crippen LogP contribution in [0.2, 0.25) is 0 Å². The zero-order valence-corrected chi connectivity index (χ0v) is 16.6. The molecule has 1 amide bonds. The Bertz CT molecular complexity index is 1160. The molecule has 0 radical (unpaired) electrons. The quantitative estimate of drug-likeness (QED) is 0.619. The van der Waals surface area contributed by atoms with Gasteiger partial charge in [-0.25, -0.2) is 4.79 Å². The SMILES string of the molecule is C=CCN1C(=O)[C@@]2(C(C#N)=C(N)Oc3c2sc(C)c3C(=O)OC)c2ccccc21. The van der Waals surface area contributed by atoms with Crippen LogP contribution in [0.3, 0.4) is 0 Å². The fourth-order valence-corrected chi connectivity index (χ4v) is 5.30. The van der Waals surface area contributed by atoms with Gasteiger partial charge in [-0.3, -0.25) is 4.79 Å². The van der Waals surface area contributed by atoms with Crippen molar-refractivity contribution >= 4 is 28.9 Å². The number of nitrogens with two attached hydrogens (primary N) is 1.